The quantitative estimate of drug-likeness (QED) is 0.790. The molecule has 0 radical (unpaired) electrons. The zero-order valence-electron chi connectivity index (χ0n) is 16.0. The van der Waals surface area contributed by atoms with Gasteiger partial charge in [-0.25, -0.2) is 9.97 Å². The van der Waals surface area contributed by atoms with E-state index in [0.717, 1.165) is 45.3 Å². The van der Waals surface area contributed by atoms with Crippen molar-refractivity contribution < 1.29 is 4.79 Å². The van der Waals surface area contributed by atoms with Crippen LogP contribution in [0.5, 0.6) is 0 Å². The van der Waals surface area contributed by atoms with E-state index in [1.807, 2.05) is 4.90 Å². The van der Waals surface area contributed by atoms with Crippen LogP contribution in [0, 0.1) is 11.8 Å². The molecular formula is C22H28N4O. The fraction of sp³-hybridized carbons (Fsp3) is 0.500. The van der Waals surface area contributed by atoms with E-state index >= 15 is 0 Å². The monoisotopic (exact) mass is 364 g/mol. The van der Waals surface area contributed by atoms with Crippen molar-refractivity contribution in [1.82, 2.24) is 14.9 Å². The van der Waals surface area contributed by atoms with Crippen molar-refractivity contribution in [2.24, 2.45) is 11.8 Å². The zero-order chi connectivity index (χ0) is 18.6. The van der Waals surface area contributed by atoms with Crippen molar-refractivity contribution >= 4 is 11.9 Å². The van der Waals surface area contributed by atoms with Crippen LogP contribution in [-0.4, -0.2) is 46.5 Å². The molecule has 2 fully saturated rings. The Labute approximate surface area is 161 Å². The Hall–Kier alpha value is -2.27. The average Bonchev–Trinajstić information content (AvgIpc) is 3.55. The first kappa shape index (κ1) is 18.1. The number of benzene rings is 1. The number of anilines is 1. The van der Waals surface area contributed by atoms with E-state index in [9.17, 15) is 4.79 Å². The van der Waals surface area contributed by atoms with Crippen LogP contribution in [0.3, 0.4) is 0 Å². The molecule has 4 rings (SSSR count). The molecule has 2 aliphatic rings. The number of piperidine rings is 1. The highest BCUT2D eigenvalue weighted by molar-refractivity contribution is 5.95. The zero-order valence-corrected chi connectivity index (χ0v) is 16.0. The molecule has 1 aliphatic heterocycles. The molecule has 1 amide bonds. The highest BCUT2D eigenvalue weighted by Crippen LogP contribution is 2.35. The largest absolute Gasteiger partial charge is 0.303 e. The summed E-state index contributed by atoms with van der Waals surface area (Å²) >= 11 is 0. The van der Waals surface area contributed by atoms with Crippen molar-refractivity contribution in [3.63, 3.8) is 0 Å². The number of carbonyl (C=O) groups excluding carboxylic acids is 1. The van der Waals surface area contributed by atoms with Crippen LogP contribution in [0.1, 0.15) is 31.7 Å². The van der Waals surface area contributed by atoms with Gasteiger partial charge >= 0.3 is 0 Å². The topological polar surface area (TPSA) is 49.3 Å². The van der Waals surface area contributed by atoms with Gasteiger partial charge in [0.25, 0.3) is 0 Å². The average molecular weight is 364 g/mol. The minimum absolute atomic E-state index is 0.178. The first-order valence-corrected chi connectivity index (χ1v) is 10.1. The predicted molar refractivity (Wildman–Crippen MR) is 106 cm³/mol. The van der Waals surface area contributed by atoms with Crippen molar-refractivity contribution in [1.29, 1.82) is 0 Å². The maximum Gasteiger partial charge on any atom is 0.232 e. The molecule has 0 spiro atoms. The van der Waals surface area contributed by atoms with Crippen LogP contribution >= 0.6 is 0 Å². The summed E-state index contributed by atoms with van der Waals surface area (Å²) in [4.78, 5) is 26.2. The van der Waals surface area contributed by atoms with Crippen LogP contribution in [-0.2, 0) is 11.2 Å². The Morgan fingerprint density at radius 3 is 2.52 bits per heavy atom. The second-order valence-corrected chi connectivity index (χ2v) is 7.90. The summed E-state index contributed by atoms with van der Waals surface area (Å²) in [6.07, 6.45) is 7.53. The van der Waals surface area contributed by atoms with Crippen molar-refractivity contribution in [3.05, 3.63) is 54.4 Å². The van der Waals surface area contributed by atoms with Crippen LogP contribution in [0.2, 0.25) is 0 Å². The number of carbonyl (C=O) groups is 1. The van der Waals surface area contributed by atoms with Crippen LogP contribution in [0.15, 0.2) is 48.8 Å². The summed E-state index contributed by atoms with van der Waals surface area (Å²) in [5.41, 5.74) is 1.38. The third-order valence-corrected chi connectivity index (χ3v) is 5.77. The van der Waals surface area contributed by atoms with Gasteiger partial charge in [0.15, 0.2) is 0 Å². The molecule has 0 unspecified atom stereocenters. The molecule has 0 N–H and O–H groups in total. The normalized spacial score (nSPS) is 23.1. The Bertz CT molecular complexity index is 747. The molecule has 0 bridgehead atoms. The second-order valence-electron chi connectivity index (χ2n) is 7.90. The van der Waals surface area contributed by atoms with E-state index in [-0.39, 0.29) is 17.9 Å². The first-order valence-electron chi connectivity index (χ1n) is 10.1. The fourth-order valence-corrected chi connectivity index (χ4v) is 4.09. The number of hydrogen-bond acceptors (Lipinski definition) is 4. The van der Waals surface area contributed by atoms with Gasteiger partial charge in [0.2, 0.25) is 11.9 Å². The summed E-state index contributed by atoms with van der Waals surface area (Å²) in [7, 11) is 0. The fourth-order valence-electron chi connectivity index (χ4n) is 4.09. The van der Waals surface area contributed by atoms with Gasteiger partial charge < -0.3 is 4.90 Å². The van der Waals surface area contributed by atoms with E-state index in [1.165, 1.54) is 5.56 Å². The number of nitrogens with zero attached hydrogens (tertiary/aromatic N) is 4. The first-order chi connectivity index (χ1) is 13.2. The van der Waals surface area contributed by atoms with Gasteiger partial charge in [-0.1, -0.05) is 37.3 Å². The molecule has 1 aromatic heterocycles. The summed E-state index contributed by atoms with van der Waals surface area (Å²) < 4.78 is 0. The van der Waals surface area contributed by atoms with E-state index in [0.29, 0.717) is 11.9 Å². The Kier molecular flexibility index (Phi) is 5.48. The molecule has 142 valence electrons. The lowest BCUT2D eigenvalue weighted by atomic mass is 9.91. The second kappa shape index (κ2) is 8.17. The molecule has 5 heteroatoms. The van der Waals surface area contributed by atoms with Gasteiger partial charge in [-0.2, -0.15) is 0 Å². The van der Waals surface area contributed by atoms with Gasteiger partial charge in [0.05, 0.1) is 0 Å². The Morgan fingerprint density at radius 1 is 1.11 bits per heavy atom. The number of hydrogen-bond donors (Lipinski definition) is 0. The minimum atomic E-state index is 0.178. The lowest BCUT2D eigenvalue weighted by molar-refractivity contribution is -0.120. The molecule has 5 nitrogen and oxygen atoms in total. The highest BCUT2D eigenvalue weighted by atomic mass is 16.2. The molecule has 1 saturated carbocycles. The molecule has 2 atom stereocenters. The van der Waals surface area contributed by atoms with Crippen molar-refractivity contribution in [2.75, 3.05) is 24.5 Å². The number of likely N-dealkylation sites (tertiary alicyclic amines) is 1. The van der Waals surface area contributed by atoms with E-state index < -0.39 is 0 Å². The van der Waals surface area contributed by atoms with Gasteiger partial charge in [-0.3, -0.25) is 9.69 Å². The number of amides is 1. The maximum absolute atomic E-state index is 13.0. The SMILES string of the molecule is C[C@H]1CN(CCc2ccccc2)CC[C@H]1N(C(=O)C1CC1)c1ncccn1. The summed E-state index contributed by atoms with van der Waals surface area (Å²) in [5.74, 6) is 1.37. The third kappa shape index (κ3) is 4.35. The van der Waals surface area contributed by atoms with Gasteiger partial charge in [-0.05, 0) is 43.2 Å². The van der Waals surface area contributed by atoms with E-state index in [1.54, 1.807) is 18.5 Å². The standard InChI is InChI=1S/C22H28N4O/c1-17-16-25(14-10-18-6-3-2-4-7-18)15-11-20(17)26(21(27)19-8-9-19)22-23-12-5-13-24-22/h2-7,12-13,17,19-20H,8-11,14-16H2,1H3/t17-,20+/m0/s1. The molecule has 2 heterocycles. The van der Waals surface area contributed by atoms with Crippen molar-refractivity contribution in [2.45, 2.75) is 38.6 Å². The van der Waals surface area contributed by atoms with E-state index in [4.69, 9.17) is 0 Å². The molecule has 2 aromatic rings. The smallest absolute Gasteiger partial charge is 0.232 e. The lowest BCUT2D eigenvalue weighted by Gasteiger charge is -2.42. The predicted octanol–water partition coefficient (Wildman–Crippen LogP) is 3.17. The highest BCUT2D eigenvalue weighted by Gasteiger charge is 2.41. The lowest BCUT2D eigenvalue weighted by Crippen LogP contribution is -2.53. The summed E-state index contributed by atoms with van der Waals surface area (Å²) in [5, 5.41) is 0. The molecular weight excluding hydrogens is 336 g/mol. The molecule has 1 saturated heterocycles. The van der Waals surface area contributed by atoms with Gasteiger partial charge in [0.1, 0.15) is 0 Å². The molecule has 1 aromatic carbocycles. The summed E-state index contributed by atoms with van der Waals surface area (Å²) in [6, 6.07) is 12.6. The number of aromatic nitrogens is 2. The van der Waals surface area contributed by atoms with Gasteiger partial charge in [-0.15, -0.1) is 0 Å². The molecule has 1 aliphatic carbocycles. The van der Waals surface area contributed by atoms with Crippen molar-refractivity contribution in [3.8, 4) is 0 Å². The minimum Gasteiger partial charge on any atom is -0.303 e. The van der Waals surface area contributed by atoms with E-state index in [2.05, 4.69) is 52.1 Å². The van der Waals surface area contributed by atoms with Crippen LogP contribution in [0.25, 0.3) is 0 Å². The third-order valence-electron chi connectivity index (χ3n) is 5.77. The molecule has 27 heavy (non-hydrogen) atoms. The maximum atomic E-state index is 13.0. The Morgan fingerprint density at radius 2 is 1.85 bits per heavy atom. The Balaban J connectivity index is 1.41. The van der Waals surface area contributed by atoms with Gasteiger partial charge in [0, 0.05) is 44.0 Å². The summed E-state index contributed by atoms with van der Waals surface area (Å²) in [6.45, 7) is 5.36. The van der Waals surface area contributed by atoms with Crippen LogP contribution < -0.4 is 4.90 Å². The van der Waals surface area contributed by atoms with Crippen LogP contribution in [0.4, 0.5) is 5.95 Å². The number of rotatable bonds is 6.